The van der Waals surface area contributed by atoms with E-state index >= 15 is 0 Å². The molecular formula is C25H33Cl3N2. The summed E-state index contributed by atoms with van der Waals surface area (Å²) in [7, 11) is 0. The Kier molecular flexibility index (Phi) is 10.5. The normalized spacial score (nSPS) is 11.1. The molecule has 0 atom stereocenters. The van der Waals surface area contributed by atoms with Crippen molar-refractivity contribution in [2.24, 2.45) is 0 Å². The number of para-hydroxylation sites is 1. The fourth-order valence-corrected chi connectivity index (χ4v) is 4.46. The van der Waals surface area contributed by atoms with E-state index in [4.69, 9.17) is 23.2 Å². The molecule has 1 aromatic heterocycles. The van der Waals surface area contributed by atoms with Gasteiger partial charge in [-0.3, -0.25) is 0 Å². The summed E-state index contributed by atoms with van der Waals surface area (Å²) in [6.45, 7) is 7.21. The summed E-state index contributed by atoms with van der Waals surface area (Å²) >= 11 is 12.5. The van der Waals surface area contributed by atoms with Gasteiger partial charge >= 0.3 is 0 Å². The molecule has 0 aliphatic rings. The van der Waals surface area contributed by atoms with Gasteiger partial charge in [-0.2, -0.15) is 0 Å². The minimum atomic E-state index is 0. The molecule has 3 rings (SSSR count). The summed E-state index contributed by atoms with van der Waals surface area (Å²) in [6.07, 6.45) is 7.98. The monoisotopic (exact) mass is 466 g/mol. The fraction of sp³-hybridized carbons (Fsp3) is 0.440. The standard InChI is InChI=1S/C25H32Cl2N2.ClH/c1-3-4-5-6-7-10-15-28-17-23-19(2)29(25-12-9-8-11-22(23)25)18-20-13-14-21(26)16-24(20)27;/h8-9,11-14,16,28H,3-7,10,15,17-18H2,1-2H3;1H. The van der Waals surface area contributed by atoms with E-state index in [1.165, 1.54) is 60.7 Å². The first-order chi connectivity index (χ1) is 14.1. The van der Waals surface area contributed by atoms with Crippen molar-refractivity contribution in [3.05, 3.63) is 69.3 Å². The Morgan fingerprint density at radius 3 is 2.43 bits per heavy atom. The summed E-state index contributed by atoms with van der Waals surface area (Å²) in [4.78, 5) is 0. The minimum Gasteiger partial charge on any atom is -0.340 e. The molecule has 0 aliphatic carbocycles. The highest BCUT2D eigenvalue weighted by Gasteiger charge is 2.14. The van der Waals surface area contributed by atoms with Crippen molar-refractivity contribution in [3.8, 4) is 0 Å². The molecule has 1 heterocycles. The molecule has 5 heteroatoms. The zero-order chi connectivity index (χ0) is 20.6. The number of fused-ring (bicyclic) bond motifs is 1. The molecule has 2 nitrogen and oxygen atoms in total. The van der Waals surface area contributed by atoms with Gasteiger partial charge < -0.3 is 9.88 Å². The third-order valence-electron chi connectivity index (χ3n) is 5.71. The van der Waals surface area contributed by atoms with Crippen LogP contribution in [-0.2, 0) is 13.1 Å². The summed E-state index contributed by atoms with van der Waals surface area (Å²) in [5, 5.41) is 6.38. The molecule has 0 spiro atoms. The van der Waals surface area contributed by atoms with Crippen LogP contribution in [-0.4, -0.2) is 11.1 Å². The second kappa shape index (κ2) is 12.6. The van der Waals surface area contributed by atoms with Crippen LogP contribution in [0.2, 0.25) is 10.0 Å². The molecule has 0 fully saturated rings. The van der Waals surface area contributed by atoms with Crippen molar-refractivity contribution in [1.29, 1.82) is 0 Å². The summed E-state index contributed by atoms with van der Waals surface area (Å²) in [5.74, 6) is 0. The van der Waals surface area contributed by atoms with E-state index in [2.05, 4.69) is 48.0 Å². The molecule has 0 bridgehead atoms. The van der Waals surface area contributed by atoms with E-state index in [-0.39, 0.29) is 12.4 Å². The molecular weight excluding hydrogens is 435 g/mol. The molecule has 1 N–H and O–H groups in total. The second-order valence-electron chi connectivity index (χ2n) is 7.85. The molecule has 0 amide bonds. The average Bonchev–Trinajstić information content (AvgIpc) is 2.97. The SMILES string of the molecule is CCCCCCCCNCc1c(C)n(Cc2ccc(Cl)cc2Cl)c2ccccc12.Cl. The first kappa shape index (κ1) is 25.1. The number of nitrogens with one attached hydrogen (secondary N) is 1. The zero-order valence-corrected chi connectivity index (χ0v) is 20.3. The number of hydrogen-bond donors (Lipinski definition) is 1. The number of benzene rings is 2. The van der Waals surface area contributed by atoms with Gasteiger partial charge in [-0.05, 0) is 49.2 Å². The quantitative estimate of drug-likeness (QED) is 0.281. The Morgan fingerprint density at radius 1 is 0.933 bits per heavy atom. The summed E-state index contributed by atoms with van der Waals surface area (Å²) < 4.78 is 2.37. The van der Waals surface area contributed by atoms with Crippen LogP contribution in [0.5, 0.6) is 0 Å². The van der Waals surface area contributed by atoms with E-state index in [0.717, 1.165) is 30.2 Å². The molecule has 2 aromatic carbocycles. The van der Waals surface area contributed by atoms with Crippen LogP contribution in [0.15, 0.2) is 42.5 Å². The first-order valence-corrected chi connectivity index (χ1v) is 11.6. The van der Waals surface area contributed by atoms with Gasteiger partial charge in [-0.25, -0.2) is 0 Å². The van der Waals surface area contributed by atoms with Crippen molar-refractivity contribution in [2.45, 2.75) is 65.5 Å². The van der Waals surface area contributed by atoms with Crippen LogP contribution in [0.4, 0.5) is 0 Å². The third-order valence-corrected chi connectivity index (χ3v) is 6.30. The molecule has 0 unspecified atom stereocenters. The maximum Gasteiger partial charge on any atom is 0.0493 e. The lowest BCUT2D eigenvalue weighted by molar-refractivity contribution is 0.571. The van der Waals surface area contributed by atoms with Crippen LogP contribution in [0.1, 0.15) is 62.3 Å². The molecule has 0 saturated carbocycles. The van der Waals surface area contributed by atoms with Gasteiger partial charge in [0.25, 0.3) is 0 Å². The summed E-state index contributed by atoms with van der Waals surface area (Å²) in [6, 6.07) is 14.4. The van der Waals surface area contributed by atoms with Crippen LogP contribution < -0.4 is 5.32 Å². The van der Waals surface area contributed by atoms with Crippen LogP contribution in [0.25, 0.3) is 10.9 Å². The second-order valence-corrected chi connectivity index (χ2v) is 8.69. The largest absolute Gasteiger partial charge is 0.340 e. The highest BCUT2D eigenvalue weighted by atomic mass is 35.5. The van der Waals surface area contributed by atoms with E-state index in [1.807, 2.05) is 18.2 Å². The molecule has 0 aliphatic heterocycles. The van der Waals surface area contributed by atoms with Crippen molar-refractivity contribution in [2.75, 3.05) is 6.54 Å². The van der Waals surface area contributed by atoms with Gasteiger partial charge in [0.1, 0.15) is 0 Å². The van der Waals surface area contributed by atoms with Gasteiger partial charge in [-0.1, -0.05) is 86.5 Å². The Labute approximate surface area is 197 Å². The molecule has 0 radical (unpaired) electrons. The smallest absolute Gasteiger partial charge is 0.0493 e. The topological polar surface area (TPSA) is 17.0 Å². The fourth-order valence-electron chi connectivity index (χ4n) is 3.99. The van der Waals surface area contributed by atoms with Gasteiger partial charge in [-0.15, -0.1) is 12.4 Å². The number of rotatable bonds is 11. The lowest BCUT2D eigenvalue weighted by Crippen LogP contribution is -2.15. The van der Waals surface area contributed by atoms with E-state index in [1.54, 1.807) is 0 Å². The predicted octanol–water partition coefficient (Wildman–Crippen LogP) is 8.18. The number of aromatic nitrogens is 1. The average molecular weight is 468 g/mol. The maximum absolute atomic E-state index is 6.44. The van der Waals surface area contributed by atoms with Crippen molar-refractivity contribution >= 4 is 46.5 Å². The zero-order valence-electron chi connectivity index (χ0n) is 18.0. The number of halogens is 3. The van der Waals surface area contributed by atoms with E-state index in [0.29, 0.717) is 5.02 Å². The Hall–Kier alpha value is -1.19. The van der Waals surface area contributed by atoms with Gasteiger partial charge in [0.05, 0.1) is 0 Å². The molecule has 164 valence electrons. The minimum absolute atomic E-state index is 0. The van der Waals surface area contributed by atoms with Crippen LogP contribution in [0, 0.1) is 6.92 Å². The van der Waals surface area contributed by atoms with Crippen molar-refractivity contribution in [3.63, 3.8) is 0 Å². The lowest BCUT2D eigenvalue weighted by Gasteiger charge is -2.11. The van der Waals surface area contributed by atoms with Gasteiger partial charge in [0.15, 0.2) is 0 Å². The van der Waals surface area contributed by atoms with Gasteiger partial charge in [0.2, 0.25) is 0 Å². The van der Waals surface area contributed by atoms with Gasteiger partial charge in [0, 0.05) is 39.7 Å². The van der Waals surface area contributed by atoms with E-state index < -0.39 is 0 Å². The Balaban J connectivity index is 0.00000320. The van der Waals surface area contributed by atoms with Crippen molar-refractivity contribution in [1.82, 2.24) is 9.88 Å². The van der Waals surface area contributed by atoms with E-state index in [9.17, 15) is 0 Å². The van der Waals surface area contributed by atoms with Crippen molar-refractivity contribution < 1.29 is 0 Å². The number of nitrogens with zero attached hydrogens (tertiary/aromatic N) is 1. The lowest BCUT2D eigenvalue weighted by atomic mass is 10.1. The summed E-state index contributed by atoms with van der Waals surface area (Å²) in [5.41, 5.74) is 5.03. The molecule has 0 saturated heterocycles. The Morgan fingerprint density at radius 2 is 1.67 bits per heavy atom. The Bertz CT molecular complexity index is 934. The highest BCUT2D eigenvalue weighted by molar-refractivity contribution is 6.35. The van der Waals surface area contributed by atoms with Crippen LogP contribution in [0.3, 0.4) is 0 Å². The maximum atomic E-state index is 6.44. The van der Waals surface area contributed by atoms with Crippen LogP contribution >= 0.6 is 35.6 Å². The predicted molar refractivity (Wildman–Crippen MR) is 135 cm³/mol. The number of unbranched alkanes of at least 4 members (excludes halogenated alkanes) is 5. The highest BCUT2D eigenvalue weighted by Crippen LogP contribution is 2.29. The first-order valence-electron chi connectivity index (χ1n) is 10.8. The third kappa shape index (κ3) is 6.40. The molecule has 30 heavy (non-hydrogen) atoms. The molecule has 3 aromatic rings. The number of hydrogen-bond acceptors (Lipinski definition) is 1.